The third-order valence-electron chi connectivity index (χ3n) is 3.50. The first-order valence-electron chi connectivity index (χ1n) is 6.85. The molecule has 0 radical (unpaired) electrons. The molecule has 18 heavy (non-hydrogen) atoms. The summed E-state index contributed by atoms with van der Waals surface area (Å²) in [6.07, 6.45) is 4.77. The van der Waals surface area contributed by atoms with Crippen molar-refractivity contribution in [2.45, 2.75) is 44.8 Å². The van der Waals surface area contributed by atoms with Crippen molar-refractivity contribution in [2.24, 2.45) is 0 Å². The Hall–Kier alpha value is -1.06. The fourth-order valence-corrected chi connectivity index (χ4v) is 2.36. The zero-order chi connectivity index (χ0) is 12.8. The highest BCUT2D eigenvalue weighted by molar-refractivity contribution is 5.50. The third-order valence-corrected chi connectivity index (χ3v) is 3.50. The Morgan fingerprint density at radius 3 is 2.78 bits per heavy atom. The number of para-hydroxylation sites is 1. The summed E-state index contributed by atoms with van der Waals surface area (Å²) in [4.78, 5) is 0. The Morgan fingerprint density at radius 1 is 1.33 bits per heavy atom. The van der Waals surface area contributed by atoms with Gasteiger partial charge in [0.15, 0.2) is 0 Å². The van der Waals surface area contributed by atoms with Crippen LogP contribution in [0, 0.1) is 6.92 Å². The molecule has 2 rings (SSSR count). The van der Waals surface area contributed by atoms with Crippen LogP contribution < -0.4 is 5.32 Å². The maximum Gasteiger partial charge on any atom is 0.0945 e. The van der Waals surface area contributed by atoms with Gasteiger partial charge in [-0.3, -0.25) is 0 Å². The van der Waals surface area contributed by atoms with Crippen LogP contribution in [0.5, 0.6) is 0 Å². The second-order valence-electron chi connectivity index (χ2n) is 5.09. The van der Waals surface area contributed by atoms with E-state index in [0.29, 0.717) is 19.3 Å². The molecule has 0 amide bonds. The van der Waals surface area contributed by atoms with Crippen molar-refractivity contribution in [3.8, 4) is 0 Å². The molecule has 1 unspecified atom stereocenters. The van der Waals surface area contributed by atoms with Gasteiger partial charge in [0.1, 0.15) is 0 Å². The molecule has 0 heterocycles. The van der Waals surface area contributed by atoms with Crippen molar-refractivity contribution in [3.05, 3.63) is 29.8 Å². The molecule has 1 aromatic carbocycles. The maximum atomic E-state index is 9.87. The van der Waals surface area contributed by atoms with Crippen molar-refractivity contribution in [3.63, 3.8) is 0 Å². The number of anilines is 1. The number of aryl methyl sites for hydroxylation is 1. The van der Waals surface area contributed by atoms with Gasteiger partial charge >= 0.3 is 0 Å². The Kier molecular flexibility index (Phi) is 5.02. The molecule has 2 N–H and O–H groups in total. The van der Waals surface area contributed by atoms with Gasteiger partial charge in [-0.2, -0.15) is 0 Å². The number of aliphatic hydroxyl groups is 1. The van der Waals surface area contributed by atoms with E-state index in [2.05, 4.69) is 18.3 Å². The number of nitrogens with one attached hydrogen (secondary N) is 1. The lowest BCUT2D eigenvalue weighted by molar-refractivity contribution is -0.00117. The Bertz CT molecular complexity index is 361. The molecule has 3 nitrogen and oxygen atoms in total. The van der Waals surface area contributed by atoms with Crippen LogP contribution in [-0.4, -0.2) is 30.5 Å². The summed E-state index contributed by atoms with van der Waals surface area (Å²) in [5, 5.41) is 13.1. The highest BCUT2D eigenvalue weighted by Crippen LogP contribution is 2.21. The van der Waals surface area contributed by atoms with E-state index in [-0.39, 0.29) is 0 Å². The first-order chi connectivity index (χ1) is 8.75. The Morgan fingerprint density at radius 2 is 2.06 bits per heavy atom. The van der Waals surface area contributed by atoms with Crippen LogP contribution in [-0.2, 0) is 4.74 Å². The van der Waals surface area contributed by atoms with Gasteiger partial charge in [0.2, 0.25) is 0 Å². The molecule has 1 aliphatic carbocycles. The van der Waals surface area contributed by atoms with Crippen LogP contribution in [0.15, 0.2) is 24.3 Å². The molecule has 0 aliphatic heterocycles. The van der Waals surface area contributed by atoms with E-state index in [1.165, 1.54) is 18.4 Å². The predicted octanol–water partition coefficient (Wildman–Crippen LogP) is 2.73. The van der Waals surface area contributed by atoms with E-state index in [0.717, 1.165) is 18.5 Å². The number of ether oxygens (including phenoxy) is 1. The fraction of sp³-hybridized carbons (Fsp3) is 0.600. The number of benzene rings is 1. The van der Waals surface area contributed by atoms with Crippen molar-refractivity contribution in [1.82, 2.24) is 0 Å². The molecule has 100 valence electrons. The van der Waals surface area contributed by atoms with E-state index >= 15 is 0 Å². The molecule has 0 bridgehead atoms. The summed E-state index contributed by atoms with van der Waals surface area (Å²) < 4.78 is 5.69. The summed E-state index contributed by atoms with van der Waals surface area (Å²) in [5.41, 5.74) is 2.28. The third kappa shape index (κ3) is 4.00. The Balaban J connectivity index is 1.68. The van der Waals surface area contributed by atoms with E-state index in [4.69, 9.17) is 4.74 Å². The monoisotopic (exact) mass is 249 g/mol. The summed E-state index contributed by atoms with van der Waals surface area (Å²) >= 11 is 0. The summed E-state index contributed by atoms with van der Waals surface area (Å²) in [7, 11) is 0. The van der Waals surface area contributed by atoms with Gasteiger partial charge in [0.05, 0.1) is 18.8 Å². The van der Waals surface area contributed by atoms with Crippen LogP contribution in [0.3, 0.4) is 0 Å². The van der Waals surface area contributed by atoms with Crippen molar-refractivity contribution in [1.29, 1.82) is 0 Å². The molecule has 1 fully saturated rings. The number of rotatable bonds is 6. The van der Waals surface area contributed by atoms with Gasteiger partial charge < -0.3 is 15.2 Å². The van der Waals surface area contributed by atoms with Crippen LogP contribution >= 0.6 is 0 Å². The van der Waals surface area contributed by atoms with E-state index in [1.807, 2.05) is 18.2 Å². The van der Waals surface area contributed by atoms with Crippen molar-refractivity contribution < 1.29 is 9.84 Å². The lowest BCUT2D eigenvalue weighted by Gasteiger charge is -2.17. The smallest absolute Gasteiger partial charge is 0.0945 e. The SMILES string of the molecule is Cc1ccccc1NCC(O)COC1CCCC1. The first kappa shape index (κ1) is 13.4. The molecule has 3 heteroatoms. The zero-order valence-electron chi connectivity index (χ0n) is 11.1. The van der Waals surface area contributed by atoms with Gasteiger partial charge in [-0.1, -0.05) is 31.0 Å². The molecule has 1 atom stereocenters. The number of hydrogen-bond donors (Lipinski definition) is 2. The largest absolute Gasteiger partial charge is 0.389 e. The second kappa shape index (κ2) is 6.76. The predicted molar refractivity (Wildman–Crippen MR) is 73.9 cm³/mol. The quantitative estimate of drug-likeness (QED) is 0.814. The summed E-state index contributed by atoms with van der Waals surface area (Å²) in [6.45, 7) is 3.03. The highest BCUT2D eigenvalue weighted by atomic mass is 16.5. The molecule has 1 aliphatic rings. The molecular formula is C15H23NO2. The fourth-order valence-electron chi connectivity index (χ4n) is 2.36. The minimum Gasteiger partial charge on any atom is -0.389 e. The molecule has 0 aromatic heterocycles. The minimum absolute atomic E-state index is 0.373. The van der Waals surface area contributed by atoms with Crippen LogP contribution in [0.4, 0.5) is 5.69 Å². The normalized spacial score (nSPS) is 17.9. The van der Waals surface area contributed by atoms with Gasteiger partial charge in [-0.05, 0) is 31.4 Å². The van der Waals surface area contributed by atoms with Gasteiger partial charge in [0.25, 0.3) is 0 Å². The zero-order valence-corrected chi connectivity index (χ0v) is 11.1. The highest BCUT2D eigenvalue weighted by Gasteiger charge is 2.16. The topological polar surface area (TPSA) is 41.5 Å². The standard InChI is InChI=1S/C15H23NO2/c1-12-6-2-5-9-15(12)16-10-13(17)11-18-14-7-3-4-8-14/h2,5-6,9,13-14,16-17H,3-4,7-8,10-11H2,1H3. The van der Waals surface area contributed by atoms with E-state index < -0.39 is 6.10 Å². The number of aliphatic hydroxyl groups excluding tert-OH is 1. The molecule has 1 aromatic rings. The summed E-state index contributed by atoms with van der Waals surface area (Å²) in [6, 6.07) is 8.10. The van der Waals surface area contributed by atoms with Gasteiger partial charge in [-0.15, -0.1) is 0 Å². The minimum atomic E-state index is -0.440. The summed E-state index contributed by atoms with van der Waals surface area (Å²) in [5.74, 6) is 0. The lowest BCUT2D eigenvalue weighted by atomic mass is 10.2. The van der Waals surface area contributed by atoms with E-state index in [1.54, 1.807) is 0 Å². The lowest BCUT2D eigenvalue weighted by Crippen LogP contribution is -2.27. The first-order valence-corrected chi connectivity index (χ1v) is 6.85. The van der Waals surface area contributed by atoms with Gasteiger partial charge in [0, 0.05) is 12.2 Å². The second-order valence-corrected chi connectivity index (χ2v) is 5.09. The Labute approximate surface area is 109 Å². The molecule has 1 saturated carbocycles. The van der Waals surface area contributed by atoms with Crippen LogP contribution in [0.2, 0.25) is 0 Å². The molecule has 0 spiro atoms. The number of hydrogen-bond acceptors (Lipinski definition) is 3. The van der Waals surface area contributed by atoms with Crippen LogP contribution in [0.25, 0.3) is 0 Å². The van der Waals surface area contributed by atoms with Crippen molar-refractivity contribution in [2.75, 3.05) is 18.5 Å². The van der Waals surface area contributed by atoms with Gasteiger partial charge in [-0.25, -0.2) is 0 Å². The average Bonchev–Trinajstić information content (AvgIpc) is 2.88. The van der Waals surface area contributed by atoms with Crippen molar-refractivity contribution >= 4 is 5.69 Å². The average molecular weight is 249 g/mol. The molecule has 0 saturated heterocycles. The maximum absolute atomic E-state index is 9.87. The van der Waals surface area contributed by atoms with Crippen LogP contribution in [0.1, 0.15) is 31.2 Å². The molecular weight excluding hydrogens is 226 g/mol. The van der Waals surface area contributed by atoms with E-state index in [9.17, 15) is 5.11 Å².